The van der Waals surface area contributed by atoms with Crippen LogP contribution in [0.5, 0.6) is 0 Å². The van der Waals surface area contributed by atoms with Crippen molar-refractivity contribution >= 4 is 23.9 Å². The molecule has 0 bridgehead atoms. The highest BCUT2D eigenvalue weighted by Gasteiger charge is 2.55. The number of rotatable bonds is 22. The Kier molecular flexibility index (Phi) is 15.5. The van der Waals surface area contributed by atoms with Crippen molar-refractivity contribution in [1.29, 1.82) is 0 Å². The standard InChI is InChI=1S/C35H58F2O10/c1-7-32(9-13-38,28(40)44-5)22-34(11-15-46-30(34)42)20-26(36)18-24(3)17-25(4)19-27(37)21-35(12-16-47-31(35)43)23-33(8-2,10-14-39)29(41)45-6/h24-27,38-39H,7-23H2,1-6H3. The van der Waals surface area contributed by atoms with Gasteiger partial charge in [-0.1, -0.05) is 27.7 Å². The normalized spacial score (nSPS) is 26.3. The molecule has 8 atom stereocenters. The van der Waals surface area contributed by atoms with Crippen LogP contribution in [-0.2, 0) is 38.1 Å². The summed E-state index contributed by atoms with van der Waals surface area (Å²) in [5, 5.41) is 19.4. The smallest absolute Gasteiger partial charge is 0.312 e. The van der Waals surface area contributed by atoms with Crippen LogP contribution in [-0.4, -0.2) is 87.1 Å². The summed E-state index contributed by atoms with van der Waals surface area (Å²) >= 11 is 0. The van der Waals surface area contributed by atoms with E-state index in [1.807, 2.05) is 13.8 Å². The zero-order valence-electron chi connectivity index (χ0n) is 29.2. The summed E-state index contributed by atoms with van der Waals surface area (Å²) in [5.74, 6) is -2.48. The van der Waals surface area contributed by atoms with Gasteiger partial charge in [0.25, 0.3) is 0 Å². The van der Waals surface area contributed by atoms with Gasteiger partial charge in [-0.3, -0.25) is 19.2 Å². The van der Waals surface area contributed by atoms with E-state index >= 15 is 8.78 Å². The number of halogens is 2. The van der Waals surface area contributed by atoms with Gasteiger partial charge in [-0.15, -0.1) is 0 Å². The number of ether oxygens (including phenoxy) is 4. The van der Waals surface area contributed by atoms with Gasteiger partial charge in [-0.2, -0.15) is 0 Å². The molecule has 272 valence electrons. The summed E-state index contributed by atoms with van der Waals surface area (Å²) in [6, 6.07) is 0. The van der Waals surface area contributed by atoms with Gasteiger partial charge in [0.1, 0.15) is 12.3 Å². The maximum absolute atomic E-state index is 15.7. The SMILES string of the molecule is CCC(CCO)(CC1(CC(F)CC(C)CC(C)CC(F)CC2(CC(CC)(CCO)C(=O)OC)CCOC2=O)CCOC1=O)C(=O)OC. The molecule has 2 N–H and O–H groups in total. The molecule has 0 amide bonds. The van der Waals surface area contributed by atoms with Gasteiger partial charge in [-0.05, 0) is 95.3 Å². The highest BCUT2D eigenvalue weighted by molar-refractivity contribution is 5.83. The molecule has 10 nitrogen and oxygen atoms in total. The Hall–Kier alpha value is -2.34. The molecule has 2 fully saturated rings. The third-order valence-electron chi connectivity index (χ3n) is 11.0. The van der Waals surface area contributed by atoms with Crippen LogP contribution in [0.3, 0.4) is 0 Å². The Morgan fingerprint density at radius 2 is 1.13 bits per heavy atom. The molecular weight excluding hydrogens is 618 g/mol. The predicted octanol–water partition coefficient (Wildman–Crippen LogP) is 5.44. The van der Waals surface area contributed by atoms with E-state index in [1.165, 1.54) is 14.2 Å². The molecule has 12 heteroatoms. The number of aliphatic hydroxyl groups excluding tert-OH is 2. The lowest BCUT2D eigenvalue weighted by molar-refractivity contribution is -0.162. The first-order valence-corrected chi connectivity index (χ1v) is 17.2. The Balaban J connectivity index is 2.08. The van der Waals surface area contributed by atoms with Crippen LogP contribution >= 0.6 is 0 Å². The number of alkyl halides is 2. The van der Waals surface area contributed by atoms with Crippen molar-refractivity contribution in [3.63, 3.8) is 0 Å². The molecule has 0 saturated carbocycles. The zero-order chi connectivity index (χ0) is 35.5. The largest absolute Gasteiger partial charge is 0.469 e. The second-order valence-electron chi connectivity index (χ2n) is 14.4. The van der Waals surface area contributed by atoms with Gasteiger partial charge in [0.05, 0.1) is 49.1 Å². The van der Waals surface area contributed by atoms with Gasteiger partial charge >= 0.3 is 23.9 Å². The molecule has 47 heavy (non-hydrogen) atoms. The number of cyclic esters (lactones) is 2. The number of methoxy groups -OCH3 is 2. The summed E-state index contributed by atoms with van der Waals surface area (Å²) in [6.07, 6.45) is -0.875. The van der Waals surface area contributed by atoms with Crippen molar-refractivity contribution in [2.45, 2.75) is 124 Å². The Morgan fingerprint density at radius 3 is 1.38 bits per heavy atom. The second kappa shape index (κ2) is 17.9. The van der Waals surface area contributed by atoms with E-state index in [4.69, 9.17) is 18.9 Å². The Labute approximate surface area is 278 Å². The highest BCUT2D eigenvalue weighted by Crippen LogP contribution is 2.50. The molecule has 0 aliphatic carbocycles. The fourth-order valence-corrected chi connectivity index (χ4v) is 8.37. The third-order valence-corrected chi connectivity index (χ3v) is 11.0. The maximum Gasteiger partial charge on any atom is 0.312 e. The Bertz CT molecular complexity index is 977. The van der Waals surface area contributed by atoms with E-state index in [-0.39, 0.29) is 102 Å². The van der Waals surface area contributed by atoms with E-state index in [9.17, 15) is 29.4 Å². The monoisotopic (exact) mass is 676 g/mol. The minimum absolute atomic E-state index is 0.0229. The molecule has 2 saturated heterocycles. The lowest BCUT2D eigenvalue weighted by Gasteiger charge is -2.38. The first-order valence-electron chi connectivity index (χ1n) is 17.2. The minimum atomic E-state index is -1.38. The molecule has 0 aromatic heterocycles. The number of esters is 4. The van der Waals surface area contributed by atoms with Gasteiger partial charge in [0.15, 0.2) is 0 Å². The quantitative estimate of drug-likeness (QED) is 0.112. The molecule has 0 radical (unpaired) electrons. The van der Waals surface area contributed by atoms with Crippen molar-refractivity contribution < 1.29 is 57.1 Å². The van der Waals surface area contributed by atoms with Crippen molar-refractivity contribution in [3.05, 3.63) is 0 Å². The molecule has 0 aromatic carbocycles. The average molecular weight is 677 g/mol. The summed E-state index contributed by atoms with van der Waals surface area (Å²) in [4.78, 5) is 51.6. The van der Waals surface area contributed by atoms with Crippen molar-refractivity contribution in [2.75, 3.05) is 40.6 Å². The molecule has 0 spiro atoms. The van der Waals surface area contributed by atoms with Crippen LogP contribution < -0.4 is 0 Å². The van der Waals surface area contributed by atoms with Gasteiger partial charge in [0, 0.05) is 13.2 Å². The Morgan fingerprint density at radius 1 is 0.766 bits per heavy atom. The fraction of sp³-hybridized carbons (Fsp3) is 0.886. The maximum atomic E-state index is 15.7. The predicted molar refractivity (Wildman–Crippen MR) is 169 cm³/mol. The van der Waals surface area contributed by atoms with Crippen molar-refractivity contribution in [3.8, 4) is 0 Å². The number of carbonyl (C=O) groups excluding carboxylic acids is 4. The number of hydrogen-bond donors (Lipinski definition) is 2. The minimum Gasteiger partial charge on any atom is -0.469 e. The summed E-state index contributed by atoms with van der Waals surface area (Å²) < 4.78 is 52.1. The van der Waals surface area contributed by atoms with Crippen LogP contribution in [0, 0.1) is 33.5 Å². The molecule has 0 aromatic rings. The molecule has 2 heterocycles. The highest BCUT2D eigenvalue weighted by atomic mass is 19.1. The lowest BCUT2D eigenvalue weighted by atomic mass is 9.65. The molecule has 2 aliphatic heterocycles. The topological polar surface area (TPSA) is 146 Å². The third kappa shape index (κ3) is 9.86. The van der Waals surface area contributed by atoms with Crippen LogP contribution in [0.2, 0.25) is 0 Å². The van der Waals surface area contributed by atoms with E-state index in [2.05, 4.69) is 0 Å². The molecule has 8 unspecified atom stereocenters. The molecule has 2 rings (SSSR count). The van der Waals surface area contributed by atoms with Crippen molar-refractivity contribution in [1.82, 2.24) is 0 Å². The molecular formula is C35H58F2O10. The number of carbonyl (C=O) groups is 4. The van der Waals surface area contributed by atoms with E-state index < -0.39 is 57.9 Å². The zero-order valence-corrected chi connectivity index (χ0v) is 29.2. The first-order chi connectivity index (χ1) is 22.2. The lowest BCUT2D eigenvalue weighted by Crippen LogP contribution is -2.42. The summed E-state index contributed by atoms with van der Waals surface area (Å²) in [6.45, 7) is 7.00. The van der Waals surface area contributed by atoms with Gasteiger partial charge < -0.3 is 29.2 Å². The summed E-state index contributed by atoms with van der Waals surface area (Å²) in [7, 11) is 2.51. The van der Waals surface area contributed by atoms with Gasteiger partial charge in [0.2, 0.25) is 0 Å². The second-order valence-corrected chi connectivity index (χ2v) is 14.4. The van der Waals surface area contributed by atoms with Gasteiger partial charge in [-0.25, -0.2) is 8.78 Å². The first kappa shape index (κ1) is 40.8. The van der Waals surface area contributed by atoms with E-state index in [1.54, 1.807) is 13.8 Å². The van der Waals surface area contributed by atoms with Crippen LogP contribution in [0.25, 0.3) is 0 Å². The number of aliphatic hydroxyl groups is 2. The number of hydrogen-bond acceptors (Lipinski definition) is 10. The fourth-order valence-electron chi connectivity index (χ4n) is 8.37. The van der Waals surface area contributed by atoms with Crippen LogP contribution in [0.1, 0.15) is 111 Å². The summed E-state index contributed by atoms with van der Waals surface area (Å²) in [5.41, 5.74) is -4.71. The van der Waals surface area contributed by atoms with Crippen LogP contribution in [0.15, 0.2) is 0 Å². The van der Waals surface area contributed by atoms with Crippen molar-refractivity contribution in [2.24, 2.45) is 33.5 Å². The average Bonchev–Trinajstić information content (AvgIpc) is 3.55. The van der Waals surface area contributed by atoms with E-state index in [0.717, 1.165) is 0 Å². The van der Waals surface area contributed by atoms with Crippen LogP contribution in [0.4, 0.5) is 8.78 Å². The molecule has 2 aliphatic rings. The van der Waals surface area contributed by atoms with E-state index in [0.29, 0.717) is 19.3 Å².